The second-order valence-electron chi connectivity index (χ2n) is 3.06. The Hall–Kier alpha value is -1.02. The van der Waals surface area contributed by atoms with Gasteiger partial charge in [-0.15, -0.1) is 0 Å². The average Bonchev–Trinajstić information content (AvgIpc) is 2.20. The summed E-state index contributed by atoms with van der Waals surface area (Å²) < 4.78 is 37.5. The zero-order valence-corrected chi connectivity index (χ0v) is 9.29. The van der Waals surface area contributed by atoms with E-state index in [1.54, 1.807) is 6.92 Å². The lowest BCUT2D eigenvalue weighted by molar-refractivity contribution is 0.199. The monoisotopic (exact) mass is 248 g/mol. The van der Waals surface area contributed by atoms with Crippen LogP contribution in [-0.2, 0) is 15.5 Å². The van der Waals surface area contributed by atoms with Crippen LogP contribution in [0.4, 0.5) is 10.1 Å². The topological polar surface area (TPSA) is 81.6 Å². The summed E-state index contributed by atoms with van der Waals surface area (Å²) in [6.45, 7) is 1.18. The lowest BCUT2D eigenvalue weighted by Crippen LogP contribution is -2.09. The maximum Gasteiger partial charge on any atom is 0.146 e. The van der Waals surface area contributed by atoms with Crippen LogP contribution in [0.3, 0.4) is 0 Å². The fourth-order valence-corrected chi connectivity index (χ4v) is 1.25. The first-order valence-electron chi connectivity index (χ1n) is 4.44. The minimum atomic E-state index is -2.64. The van der Waals surface area contributed by atoms with Crippen LogP contribution >= 0.6 is 0 Å². The van der Waals surface area contributed by atoms with E-state index in [1.165, 1.54) is 18.2 Å². The Bertz CT molecular complexity index is 386. The number of halogens is 1. The Morgan fingerprint density at radius 1 is 1.69 bits per heavy atom. The molecular weight excluding hydrogens is 237 g/mol. The Kier molecular flexibility index (Phi) is 4.81. The summed E-state index contributed by atoms with van der Waals surface area (Å²) in [5.74, 6) is -0.551. The van der Waals surface area contributed by atoms with Crippen LogP contribution in [0.25, 0.3) is 0 Å². The van der Waals surface area contributed by atoms with E-state index < -0.39 is 23.3 Å². The van der Waals surface area contributed by atoms with Gasteiger partial charge in [-0.25, -0.2) is 8.60 Å². The fraction of sp³-hybridized carbons (Fsp3) is 0.333. The van der Waals surface area contributed by atoms with Gasteiger partial charge in [-0.1, -0.05) is 6.07 Å². The molecule has 0 saturated heterocycles. The van der Waals surface area contributed by atoms with Crippen LogP contribution in [0.5, 0.6) is 0 Å². The zero-order chi connectivity index (χ0) is 12.1. The van der Waals surface area contributed by atoms with Crippen molar-refractivity contribution in [3.8, 4) is 0 Å². The van der Waals surface area contributed by atoms with Crippen LogP contribution in [-0.4, -0.2) is 20.6 Å². The molecule has 0 aliphatic carbocycles. The van der Waals surface area contributed by atoms with Crippen molar-refractivity contribution in [2.75, 3.05) is 12.0 Å². The number of hydrogen-bond donors (Lipinski definition) is 2. The van der Waals surface area contributed by atoms with Gasteiger partial charge in [0, 0.05) is 0 Å². The summed E-state index contributed by atoms with van der Waals surface area (Å²) in [6.07, 6.45) is -0.726. The van der Waals surface area contributed by atoms with E-state index in [2.05, 4.69) is 9.50 Å². The van der Waals surface area contributed by atoms with Gasteiger partial charge in [0.25, 0.3) is 0 Å². The van der Waals surface area contributed by atoms with E-state index >= 15 is 0 Å². The maximum atomic E-state index is 13.2. The van der Waals surface area contributed by atoms with Crippen molar-refractivity contribution < 1.29 is 22.4 Å². The fourth-order valence-electron chi connectivity index (χ4n) is 1.09. The van der Waals surface area contributed by atoms with Crippen molar-refractivity contribution in [3.05, 3.63) is 29.6 Å². The molecule has 7 heteroatoms. The Balaban J connectivity index is 2.70. The molecule has 0 bridgehead atoms. The molecule has 0 heterocycles. The molecule has 0 aliphatic heterocycles. The van der Waals surface area contributed by atoms with Crippen LogP contribution in [0.15, 0.2) is 18.2 Å². The van der Waals surface area contributed by atoms with Crippen molar-refractivity contribution in [2.24, 2.45) is 0 Å². The second kappa shape index (κ2) is 5.90. The highest BCUT2D eigenvalue weighted by Gasteiger charge is 2.06. The molecule has 1 unspecified atom stereocenters. The van der Waals surface area contributed by atoms with E-state index in [4.69, 9.17) is 0 Å². The molecule has 2 atom stereocenters. The lowest BCUT2D eigenvalue weighted by atomic mass is 10.1. The van der Waals surface area contributed by atoms with Crippen LogP contribution in [0.2, 0.25) is 0 Å². The van der Waals surface area contributed by atoms with E-state index in [9.17, 15) is 18.3 Å². The molecule has 1 rings (SSSR count). The van der Waals surface area contributed by atoms with Crippen LogP contribution < -0.4 is 5.32 Å². The third-order valence-corrected chi connectivity index (χ3v) is 2.20. The SMILES string of the molecule is C[C@@H](O)c1ccc(F)c(NCOS(=O)[O-])c1. The standard InChI is InChI=1S/C9H12FNO4S/c1-6(12)7-2-3-8(10)9(4-7)11-5-15-16(13)14/h2-4,6,11-12H,5H2,1H3,(H,13,14)/p-1/t6-/m1/s1. The lowest BCUT2D eigenvalue weighted by Gasteiger charge is -2.11. The van der Waals surface area contributed by atoms with Gasteiger partial charge in [-0.2, -0.15) is 0 Å². The van der Waals surface area contributed by atoms with Crippen LogP contribution in [0.1, 0.15) is 18.6 Å². The number of benzene rings is 1. The van der Waals surface area contributed by atoms with E-state index in [-0.39, 0.29) is 12.4 Å². The van der Waals surface area contributed by atoms with E-state index in [1.807, 2.05) is 0 Å². The van der Waals surface area contributed by atoms with E-state index in [0.29, 0.717) is 5.56 Å². The van der Waals surface area contributed by atoms with Gasteiger partial charge in [-0.3, -0.25) is 4.18 Å². The molecule has 1 aromatic rings. The predicted octanol–water partition coefficient (Wildman–Crippen LogP) is 1.06. The van der Waals surface area contributed by atoms with Crippen LogP contribution in [0, 0.1) is 5.82 Å². The van der Waals surface area contributed by atoms with Crippen molar-refractivity contribution >= 4 is 17.0 Å². The number of aliphatic hydroxyl groups excluding tert-OH is 1. The van der Waals surface area contributed by atoms with Crippen molar-refractivity contribution in [3.63, 3.8) is 0 Å². The summed E-state index contributed by atoms with van der Waals surface area (Å²) in [5.41, 5.74) is 0.594. The van der Waals surface area contributed by atoms with Gasteiger partial charge >= 0.3 is 0 Å². The Morgan fingerprint density at radius 3 is 2.94 bits per heavy atom. The molecule has 0 fully saturated rings. The van der Waals surface area contributed by atoms with Gasteiger partial charge in [0.1, 0.15) is 12.5 Å². The molecule has 0 aromatic heterocycles. The minimum absolute atomic E-state index is 0.0730. The maximum absolute atomic E-state index is 13.2. The summed E-state index contributed by atoms with van der Waals surface area (Å²) in [5, 5.41) is 11.7. The number of hydrogen-bond acceptors (Lipinski definition) is 5. The van der Waals surface area contributed by atoms with E-state index in [0.717, 1.165) is 0 Å². The number of nitrogens with one attached hydrogen (secondary N) is 1. The average molecular weight is 248 g/mol. The number of rotatable bonds is 5. The minimum Gasteiger partial charge on any atom is -0.750 e. The summed E-state index contributed by atoms with van der Waals surface area (Å²) >= 11 is -2.64. The molecule has 5 nitrogen and oxygen atoms in total. The third-order valence-electron chi connectivity index (χ3n) is 1.89. The molecule has 16 heavy (non-hydrogen) atoms. The summed E-state index contributed by atoms with van der Waals surface area (Å²) in [4.78, 5) is 0. The molecule has 0 spiro atoms. The first-order chi connectivity index (χ1) is 7.50. The first-order valence-corrected chi connectivity index (χ1v) is 5.44. The van der Waals surface area contributed by atoms with Gasteiger partial charge in [0.2, 0.25) is 0 Å². The first kappa shape index (κ1) is 13.0. The molecule has 2 N–H and O–H groups in total. The smallest absolute Gasteiger partial charge is 0.146 e. The highest BCUT2D eigenvalue weighted by molar-refractivity contribution is 7.74. The Labute approximate surface area is 94.7 Å². The van der Waals surface area contributed by atoms with Gasteiger partial charge in [0.15, 0.2) is 0 Å². The molecule has 0 saturated carbocycles. The normalized spacial score (nSPS) is 14.5. The molecule has 0 aliphatic rings. The molecule has 0 radical (unpaired) electrons. The van der Waals surface area contributed by atoms with Gasteiger partial charge in [0.05, 0.1) is 23.2 Å². The van der Waals surface area contributed by atoms with Gasteiger partial charge in [-0.05, 0) is 24.6 Å². The van der Waals surface area contributed by atoms with Gasteiger partial charge < -0.3 is 15.0 Å². The van der Waals surface area contributed by atoms with Crippen molar-refractivity contribution in [2.45, 2.75) is 13.0 Å². The predicted molar refractivity (Wildman–Crippen MR) is 55.5 cm³/mol. The summed E-state index contributed by atoms with van der Waals surface area (Å²) in [7, 11) is 0. The molecule has 1 aromatic carbocycles. The largest absolute Gasteiger partial charge is 0.750 e. The van der Waals surface area contributed by atoms with Crippen molar-refractivity contribution in [1.29, 1.82) is 0 Å². The quantitative estimate of drug-likeness (QED) is 0.601. The molecule has 90 valence electrons. The van der Waals surface area contributed by atoms with Crippen molar-refractivity contribution in [1.82, 2.24) is 0 Å². The molecule has 0 amide bonds. The third kappa shape index (κ3) is 3.86. The highest BCUT2D eigenvalue weighted by Crippen LogP contribution is 2.20. The number of aliphatic hydroxyl groups is 1. The zero-order valence-electron chi connectivity index (χ0n) is 8.47. The summed E-state index contributed by atoms with van der Waals surface area (Å²) in [6, 6.07) is 4.01. The number of anilines is 1. The highest BCUT2D eigenvalue weighted by atomic mass is 32.2. The Morgan fingerprint density at radius 2 is 2.38 bits per heavy atom. The second-order valence-corrected chi connectivity index (χ2v) is 3.70. The molecular formula is C9H11FNO4S-.